The zero-order valence-corrected chi connectivity index (χ0v) is 15.3. The van der Waals surface area contributed by atoms with Crippen LogP contribution in [0.5, 0.6) is 0 Å². The van der Waals surface area contributed by atoms with Crippen LogP contribution in [0.1, 0.15) is 23.0 Å². The quantitative estimate of drug-likeness (QED) is 0.518. The zero-order chi connectivity index (χ0) is 19.3. The second kappa shape index (κ2) is 7.82. The Labute approximate surface area is 160 Å². The molecule has 1 aromatic carbocycles. The van der Waals surface area contributed by atoms with Crippen LogP contribution in [0.2, 0.25) is 0 Å². The Morgan fingerprint density at radius 1 is 1.11 bits per heavy atom. The van der Waals surface area contributed by atoms with E-state index in [1.54, 1.807) is 23.1 Å². The molecule has 4 aromatic rings. The van der Waals surface area contributed by atoms with Gasteiger partial charge in [-0.25, -0.2) is 4.68 Å². The smallest absolute Gasteiger partial charge is 0.272 e. The number of amides is 1. The monoisotopic (exact) mass is 377 g/mol. The first-order valence-electron chi connectivity index (χ1n) is 8.87. The molecule has 0 spiro atoms. The van der Waals surface area contributed by atoms with E-state index in [9.17, 15) is 4.79 Å². The predicted octanol–water partition coefficient (Wildman–Crippen LogP) is 1.19. The molecule has 0 saturated heterocycles. The van der Waals surface area contributed by atoms with Crippen molar-refractivity contribution in [1.82, 2.24) is 45.1 Å². The molecule has 0 fully saturated rings. The molecule has 0 saturated carbocycles. The molecule has 3 aromatic heterocycles. The standard InChI is InChI=1S/C18H19N9O/c1-2-25-12-14(11-20-25)10-19-18(28)16-8-9-26(22-16)13-27-23-17(21-24-27)15-6-4-3-5-7-15/h3-9,11-12H,2,10,13H2,1H3,(H,19,28). The zero-order valence-electron chi connectivity index (χ0n) is 15.3. The average Bonchev–Trinajstić information content (AvgIpc) is 3.48. The minimum Gasteiger partial charge on any atom is -0.346 e. The Hall–Kier alpha value is -3.82. The fraction of sp³-hybridized carbons (Fsp3) is 0.222. The van der Waals surface area contributed by atoms with E-state index in [4.69, 9.17) is 0 Å². The number of rotatable bonds is 7. The third-order valence-electron chi connectivity index (χ3n) is 4.09. The molecule has 4 rings (SSSR count). The maximum absolute atomic E-state index is 12.3. The highest BCUT2D eigenvalue weighted by Gasteiger charge is 2.11. The number of carbonyl (C=O) groups is 1. The summed E-state index contributed by atoms with van der Waals surface area (Å²) in [5.74, 6) is 0.290. The molecule has 142 valence electrons. The number of tetrazole rings is 1. The number of nitrogens with one attached hydrogen (secondary N) is 1. The third-order valence-corrected chi connectivity index (χ3v) is 4.09. The van der Waals surface area contributed by atoms with E-state index in [0.29, 0.717) is 18.1 Å². The van der Waals surface area contributed by atoms with Crippen molar-refractivity contribution in [1.29, 1.82) is 0 Å². The Morgan fingerprint density at radius 3 is 2.75 bits per heavy atom. The van der Waals surface area contributed by atoms with E-state index in [-0.39, 0.29) is 12.6 Å². The topological polar surface area (TPSA) is 108 Å². The maximum Gasteiger partial charge on any atom is 0.272 e. The minimum atomic E-state index is -0.250. The van der Waals surface area contributed by atoms with Crippen LogP contribution in [0.25, 0.3) is 11.4 Å². The van der Waals surface area contributed by atoms with E-state index in [2.05, 4.69) is 30.9 Å². The number of carbonyl (C=O) groups excluding carboxylic acids is 1. The molecule has 3 heterocycles. The Balaban J connectivity index is 1.36. The van der Waals surface area contributed by atoms with Crippen molar-refractivity contribution in [3.8, 4) is 11.4 Å². The van der Waals surface area contributed by atoms with Crippen molar-refractivity contribution in [2.75, 3.05) is 0 Å². The number of benzene rings is 1. The van der Waals surface area contributed by atoms with Crippen LogP contribution in [0.4, 0.5) is 0 Å². The molecule has 10 nitrogen and oxygen atoms in total. The van der Waals surface area contributed by atoms with Gasteiger partial charge in [-0.1, -0.05) is 30.3 Å². The van der Waals surface area contributed by atoms with Crippen LogP contribution in [0.15, 0.2) is 55.0 Å². The van der Waals surface area contributed by atoms with Gasteiger partial charge in [0.1, 0.15) is 5.69 Å². The van der Waals surface area contributed by atoms with E-state index >= 15 is 0 Å². The van der Waals surface area contributed by atoms with Gasteiger partial charge < -0.3 is 5.32 Å². The van der Waals surface area contributed by atoms with Crippen molar-refractivity contribution in [2.24, 2.45) is 0 Å². The summed E-state index contributed by atoms with van der Waals surface area (Å²) in [6, 6.07) is 11.3. The van der Waals surface area contributed by atoms with E-state index in [1.807, 2.05) is 48.1 Å². The van der Waals surface area contributed by atoms with Gasteiger partial charge in [-0.2, -0.15) is 10.2 Å². The lowest BCUT2D eigenvalue weighted by molar-refractivity contribution is 0.0945. The van der Waals surface area contributed by atoms with Crippen molar-refractivity contribution in [3.05, 3.63) is 66.2 Å². The van der Waals surface area contributed by atoms with Crippen molar-refractivity contribution in [2.45, 2.75) is 26.7 Å². The molecule has 1 N–H and O–H groups in total. The second-order valence-electron chi connectivity index (χ2n) is 6.12. The normalized spacial score (nSPS) is 10.9. The fourth-order valence-electron chi connectivity index (χ4n) is 2.64. The van der Waals surface area contributed by atoms with Crippen LogP contribution in [-0.4, -0.2) is 45.7 Å². The summed E-state index contributed by atoms with van der Waals surface area (Å²) in [6.07, 6.45) is 5.35. The van der Waals surface area contributed by atoms with E-state index in [0.717, 1.165) is 17.7 Å². The van der Waals surface area contributed by atoms with Gasteiger partial charge in [0.15, 0.2) is 6.67 Å². The highest BCUT2D eigenvalue weighted by Crippen LogP contribution is 2.11. The number of hydrogen-bond donors (Lipinski definition) is 1. The van der Waals surface area contributed by atoms with Crippen molar-refractivity contribution < 1.29 is 4.79 Å². The van der Waals surface area contributed by atoms with Gasteiger partial charge >= 0.3 is 0 Å². The van der Waals surface area contributed by atoms with Gasteiger partial charge in [0, 0.05) is 36.6 Å². The maximum atomic E-state index is 12.3. The molecule has 0 aliphatic carbocycles. The Morgan fingerprint density at radius 2 is 1.96 bits per heavy atom. The van der Waals surface area contributed by atoms with Crippen molar-refractivity contribution in [3.63, 3.8) is 0 Å². The first-order chi connectivity index (χ1) is 13.7. The van der Waals surface area contributed by atoms with Crippen LogP contribution in [0.3, 0.4) is 0 Å². The highest BCUT2D eigenvalue weighted by atomic mass is 16.1. The summed E-state index contributed by atoms with van der Waals surface area (Å²) in [6.45, 7) is 3.46. The van der Waals surface area contributed by atoms with Gasteiger partial charge in [-0.3, -0.25) is 9.48 Å². The van der Waals surface area contributed by atoms with Gasteiger partial charge in [-0.15, -0.1) is 15.0 Å². The van der Waals surface area contributed by atoms with E-state index in [1.165, 1.54) is 4.80 Å². The molecule has 0 unspecified atom stereocenters. The Bertz CT molecular complexity index is 1060. The molecular formula is C18H19N9O. The average molecular weight is 377 g/mol. The molecule has 0 aliphatic rings. The largest absolute Gasteiger partial charge is 0.346 e. The fourth-order valence-corrected chi connectivity index (χ4v) is 2.64. The number of aromatic nitrogens is 8. The van der Waals surface area contributed by atoms with E-state index < -0.39 is 0 Å². The lowest BCUT2D eigenvalue weighted by Crippen LogP contribution is -2.23. The minimum absolute atomic E-state index is 0.250. The molecule has 0 bridgehead atoms. The second-order valence-corrected chi connectivity index (χ2v) is 6.12. The first-order valence-corrected chi connectivity index (χ1v) is 8.87. The summed E-state index contributed by atoms with van der Waals surface area (Å²) >= 11 is 0. The van der Waals surface area contributed by atoms with Crippen LogP contribution < -0.4 is 5.32 Å². The molecule has 10 heteroatoms. The third kappa shape index (κ3) is 3.95. The number of hydrogen-bond acceptors (Lipinski definition) is 6. The molecule has 28 heavy (non-hydrogen) atoms. The highest BCUT2D eigenvalue weighted by molar-refractivity contribution is 5.92. The van der Waals surface area contributed by atoms with Crippen LogP contribution >= 0.6 is 0 Å². The summed E-state index contributed by atoms with van der Waals surface area (Å²) in [7, 11) is 0. The number of nitrogens with zero attached hydrogens (tertiary/aromatic N) is 8. The van der Waals surface area contributed by atoms with Gasteiger partial charge in [0.05, 0.1) is 6.20 Å². The summed E-state index contributed by atoms with van der Waals surface area (Å²) in [5, 5.41) is 23.7. The molecule has 1 amide bonds. The lowest BCUT2D eigenvalue weighted by Gasteiger charge is -2.01. The van der Waals surface area contributed by atoms with Gasteiger partial charge in [0.2, 0.25) is 5.82 Å². The summed E-state index contributed by atoms with van der Waals surface area (Å²) in [4.78, 5) is 13.7. The van der Waals surface area contributed by atoms with Gasteiger partial charge in [0.25, 0.3) is 5.91 Å². The van der Waals surface area contributed by atoms with Crippen molar-refractivity contribution >= 4 is 5.91 Å². The molecule has 0 atom stereocenters. The molecule has 0 radical (unpaired) electrons. The lowest BCUT2D eigenvalue weighted by atomic mass is 10.2. The molecule has 0 aliphatic heterocycles. The SMILES string of the molecule is CCn1cc(CNC(=O)c2ccn(Cn3nnc(-c4ccccc4)n3)n2)cn1. The van der Waals surface area contributed by atoms with Gasteiger partial charge in [-0.05, 0) is 18.2 Å². The van der Waals surface area contributed by atoms with Crippen LogP contribution in [-0.2, 0) is 19.8 Å². The predicted molar refractivity (Wildman–Crippen MR) is 99.9 cm³/mol. The molecular weight excluding hydrogens is 358 g/mol. The summed E-state index contributed by atoms with van der Waals surface area (Å²) in [5.41, 5.74) is 2.15. The van der Waals surface area contributed by atoms with Crippen LogP contribution in [0, 0.1) is 0 Å². The number of aryl methyl sites for hydroxylation is 1. The Kier molecular flexibility index (Phi) is 4.91. The first kappa shape index (κ1) is 17.6. The summed E-state index contributed by atoms with van der Waals surface area (Å²) < 4.78 is 3.39.